The van der Waals surface area contributed by atoms with E-state index in [2.05, 4.69) is 5.32 Å². The molecule has 0 aliphatic rings. The van der Waals surface area contributed by atoms with E-state index in [0.29, 0.717) is 11.1 Å². The van der Waals surface area contributed by atoms with Crippen molar-refractivity contribution in [3.05, 3.63) is 71.3 Å². The first kappa shape index (κ1) is 19.4. The van der Waals surface area contributed by atoms with Gasteiger partial charge in [0.1, 0.15) is 18.5 Å². The van der Waals surface area contributed by atoms with Crippen molar-refractivity contribution in [2.45, 2.75) is 25.2 Å². The summed E-state index contributed by atoms with van der Waals surface area (Å²) in [6.07, 6.45) is -2.66. The Labute approximate surface area is 151 Å². The maximum absolute atomic E-state index is 11.6. The van der Waals surface area contributed by atoms with Crippen LogP contribution in [-0.2, 0) is 11.3 Å². The molecular weight excluding hydrogens is 334 g/mol. The fourth-order valence-corrected chi connectivity index (χ4v) is 2.37. The van der Waals surface area contributed by atoms with Gasteiger partial charge in [-0.2, -0.15) is 0 Å². The number of carbonyl (C=O) groups is 1. The van der Waals surface area contributed by atoms with Crippen molar-refractivity contribution in [2.75, 3.05) is 6.54 Å². The molecule has 2 atom stereocenters. The van der Waals surface area contributed by atoms with Crippen LogP contribution in [0.1, 0.15) is 29.2 Å². The van der Waals surface area contributed by atoms with Gasteiger partial charge in [0, 0.05) is 12.1 Å². The lowest BCUT2D eigenvalue weighted by Crippen LogP contribution is -2.29. The number of hydrogen-bond acceptors (Lipinski definition) is 5. The van der Waals surface area contributed by atoms with Crippen LogP contribution < -0.4 is 11.1 Å². The summed E-state index contributed by atoms with van der Waals surface area (Å²) in [6, 6.07) is 15.8. The van der Waals surface area contributed by atoms with Crippen LogP contribution in [-0.4, -0.2) is 34.8 Å². The minimum absolute atomic E-state index is 0.114. The van der Waals surface area contributed by atoms with Gasteiger partial charge in [0.15, 0.2) is 0 Å². The Morgan fingerprint density at radius 3 is 2.58 bits per heavy atom. The molecule has 0 saturated heterocycles. The van der Waals surface area contributed by atoms with E-state index in [-0.39, 0.29) is 25.4 Å². The van der Waals surface area contributed by atoms with Gasteiger partial charge in [0.25, 0.3) is 0 Å². The summed E-state index contributed by atoms with van der Waals surface area (Å²) in [5.41, 5.74) is 7.22. The second-order valence-electron chi connectivity index (χ2n) is 5.83. The molecule has 7 heteroatoms. The molecule has 0 aliphatic heterocycles. The summed E-state index contributed by atoms with van der Waals surface area (Å²) < 4.78 is 5.07. The smallest absolute Gasteiger partial charge is 0.407 e. The molecule has 7 nitrogen and oxygen atoms in total. The Morgan fingerprint density at radius 1 is 1.15 bits per heavy atom. The zero-order valence-electron chi connectivity index (χ0n) is 14.3. The summed E-state index contributed by atoms with van der Waals surface area (Å²) in [7, 11) is 0. The lowest BCUT2D eigenvalue weighted by Gasteiger charge is -2.19. The van der Waals surface area contributed by atoms with Gasteiger partial charge in [-0.1, -0.05) is 48.5 Å². The Kier molecular flexibility index (Phi) is 7.13. The molecule has 0 bridgehead atoms. The highest BCUT2D eigenvalue weighted by Gasteiger charge is 2.19. The van der Waals surface area contributed by atoms with Crippen LogP contribution in [0.5, 0.6) is 0 Å². The van der Waals surface area contributed by atoms with E-state index >= 15 is 0 Å². The van der Waals surface area contributed by atoms with Crippen LogP contribution in [0.3, 0.4) is 0 Å². The number of nitrogen functional groups attached to an aromatic ring is 1. The first-order valence-electron chi connectivity index (χ1n) is 8.22. The number of amides is 1. The maximum Gasteiger partial charge on any atom is 0.407 e. The van der Waals surface area contributed by atoms with Crippen LogP contribution >= 0.6 is 0 Å². The maximum atomic E-state index is 11.6. The number of nitrogens with two attached hydrogens (primary N) is 1. The summed E-state index contributed by atoms with van der Waals surface area (Å²) in [6.45, 7) is 0.313. The number of aliphatic hydroxyl groups excluding tert-OH is 2. The molecule has 0 spiro atoms. The first-order valence-corrected chi connectivity index (χ1v) is 8.22. The molecule has 6 N–H and O–H groups in total. The minimum atomic E-state index is -1.14. The highest BCUT2D eigenvalue weighted by molar-refractivity contribution is 5.95. The van der Waals surface area contributed by atoms with Gasteiger partial charge in [0.05, 0.1) is 6.10 Å². The number of alkyl carbamates (subject to hydrolysis) is 1. The molecule has 2 aromatic rings. The van der Waals surface area contributed by atoms with Crippen molar-refractivity contribution in [1.29, 1.82) is 5.41 Å². The molecule has 0 aromatic heterocycles. The Hall–Kier alpha value is -2.90. The van der Waals surface area contributed by atoms with E-state index in [1.54, 1.807) is 24.3 Å². The highest BCUT2D eigenvalue weighted by Crippen LogP contribution is 2.19. The SMILES string of the molecule is N=C(N)c1cccc(C(O)C(O)CCNC(=O)OCc2ccccc2)c1. The lowest BCUT2D eigenvalue weighted by atomic mass is 10.00. The summed E-state index contributed by atoms with van der Waals surface area (Å²) in [4.78, 5) is 11.6. The van der Waals surface area contributed by atoms with Crippen molar-refractivity contribution < 1.29 is 19.7 Å². The number of aliphatic hydroxyl groups is 2. The Bertz CT molecular complexity index is 737. The number of benzene rings is 2. The van der Waals surface area contributed by atoms with Crippen molar-refractivity contribution in [3.63, 3.8) is 0 Å². The lowest BCUT2D eigenvalue weighted by molar-refractivity contribution is 0.0136. The van der Waals surface area contributed by atoms with Crippen molar-refractivity contribution >= 4 is 11.9 Å². The molecule has 0 saturated carbocycles. The summed E-state index contributed by atoms with van der Waals surface area (Å²) >= 11 is 0. The monoisotopic (exact) mass is 357 g/mol. The number of carbonyl (C=O) groups excluding carboxylic acids is 1. The Morgan fingerprint density at radius 2 is 1.88 bits per heavy atom. The number of nitrogens with one attached hydrogen (secondary N) is 2. The molecule has 138 valence electrons. The van der Waals surface area contributed by atoms with E-state index in [1.165, 1.54) is 0 Å². The molecule has 0 radical (unpaired) electrons. The van der Waals surface area contributed by atoms with Crippen molar-refractivity contribution in [3.8, 4) is 0 Å². The average Bonchev–Trinajstić information content (AvgIpc) is 2.66. The van der Waals surface area contributed by atoms with Gasteiger partial charge >= 0.3 is 6.09 Å². The van der Waals surface area contributed by atoms with Crippen molar-refractivity contribution in [2.24, 2.45) is 5.73 Å². The normalized spacial score (nSPS) is 12.8. The van der Waals surface area contributed by atoms with E-state index in [4.69, 9.17) is 15.9 Å². The molecule has 0 aliphatic carbocycles. The largest absolute Gasteiger partial charge is 0.445 e. The predicted molar refractivity (Wildman–Crippen MR) is 97.7 cm³/mol. The molecule has 0 fully saturated rings. The predicted octanol–water partition coefficient (Wildman–Crippen LogP) is 1.68. The van der Waals surface area contributed by atoms with Crippen LogP contribution in [0.15, 0.2) is 54.6 Å². The standard InChI is InChI=1S/C19H23N3O4/c20-18(21)15-8-4-7-14(11-15)17(24)16(23)9-10-22-19(25)26-12-13-5-2-1-3-6-13/h1-8,11,16-17,23-24H,9-10,12H2,(H3,20,21)(H,22,25). The summed E-state index contributed by atoms with van der Waals surface area (Å²) in [5.74, 6) is -0.114. The minimum Gasteiger partial charge on any atom is -0.445 e. The van der Waals surface area contributed by atoms with E-state index in [9.17, 15) is 15.0 Å². The van der Waals surface area contributed by atoms with E-state index < -0.39 is 18.3 Å². The molecule has 2 unspecified atom stereocenters. The second-order valence-corrected chi connectivity index (χ2v) is 5.83. The molecular formula is C19H23N3O4. The summed E-state index contributed by atoms with van der Waals surface area (Å²) in [5, 5.41) is 30.2. The third-order valence-corrected chi connectivity index (χ3v) is 3.83. The van der Waals surface area contributed by atoms with Gasteiger partial charge in [0.2, 0.25) is 0 Å². The Balaban J connectivity index is 1.75. The fourth-order valence-electron chi connectivity index (χ4n) is 2.37. The van der Waals surface area contributed by atoms with Gasteiger partial charge in [-0.25, -0.2) is 4.79 Å². The molecule has 2 rings (SSSR count). The highest BCUT2D eigenvalue weighted by atomic mass is 16.5. The zero-order valence-corrected chi connectivity index (χ0v) is 14.3. The quantitative estimate of drug-likeness (QED) is 0.363. The number of amidine groups is 1. The number of ether oxygens (including phenoxy) is 1. The topological polar surface area (TPSA) is 129 Å². The molecule has 0 heterocycles. The van der Waals surface area contributed by atoms with Gasteiger partial charge in [-0.3, -0.25) is 5.41 Å². The van der Waals surface area contributed by atoms with Crippen molar-refractivity contribution in [1.82, 2.24) is 5.32 Å². The molecule has 26 heavy (non-hydrogen) atoms. The molecule has 2 aromatic carbocycles. The number of rotatable bonds is 8. The third kappa shape index (κ3) is 5.87. The van der Waals surface area contributed by atoms with Crippen LogP contribution in [0, 0.1) is 5.41 Å². The average molecular weight is 357 g/mol. The van der Waals surface area contributed by atoms with Gasteiger partial charge in [-0.05, 0) is 23.6 Å². The van der Waals surface area contributed by atoms with Crippen LogP contribution in [0.25, 0.3) is 0 Å². The third-order valence-electron chi connectivity index (χ3n) is 3.83. The van der Waals surface area contributed by atoms with E-state index in [1.807, 2.05) is 30.3 Å². The van der Waals surface area contributed by atoms with Gasteiger partial charge < -0.3 is 26.0 Å². The van der Waals surface area contributed by atoms with Gasteiger partial charge in [-0.15, -0.1) is 0 Å². The van der Waals surface area contributed by atoms with Crippen LogP contribution in [0.2, 0.25) is 0 Å². The van der Waals surface area contributed by atoms with Crippen LogP contribution in [0.4, 0.5) is 4.79 Å². The second kappa shape index (κ2) is 9.55. The van der Waals surface area contributed by atoms with E-state index in [0.717, 1.165) is 5.56 Å². The molecule has 1 amide bonds. The zero-order chi connectivity index (χ0) is 18.9. The number of hydrogen-bond donors (Lipinski definition) is 5. The first-order chi connectivity index (χ1) is 12.5. The fraction of sp³-hybridized carbons (Fsp3) is 0.263.